The number of nitriles is 4. The van der Waals surface area contributed by atoms with Crippen molar-refractivity contribution in [2.45, 2.75) is 0 Å². The van der Waals surface area contributed by atoms with E-state index in [1.807, 2.05) is 12.1 Å². The molecule has 0 spiro atoms. The van der Waals surface area contributed by atoms with Crippen LogP contribution in [-0.4, -0.2) is 0 Å². The Balaban J connectivity index is 1.08. The Morgan fingerprint density at radius 2 is 0.622 bits per heavy atom. The fourth-order valence-electron chi connectivity index (χ4n) is 15.3. The van der Waals surface area contributed by atoms with Crippen LogP contribution < -0.4 is 0 Å². The topological polar surface area (TPSA) is 95.2 Å². The largest absolute Gasteiger partial charge is 0.192 e. The fourth-order valence-corrected chi connectivity index (χ4v) is 15.3. The van der Waals surface area contributed by atoms with Gasteiger partial charge in [-0.25, -0.2) is 0 Å². The van der Waals surface area contributed by atoms with E-state index in [2.05, 4.69) is 206 Å². The highest BCUT2D eigenvalue weighted by Gasteiger charge is 2.31. The van der Waals surface area contributed by atoms with Gasteiger partial charge in [-0.3, -0.25) is 0 Å². The van der Waals surface area contributed by atoms with Crippen LogP contribution in [0.3, 0.4) is 0 Å². The molecular weight excluding hydrogens is 993 g/mol. The lowest BCUT2D eigenvalue weighted by Gasteiger charge is -2.20. The Labute approximate surface area is 467 Å². The number of fused-ring (bicyclic) bond motifs is 12. The molecule has 0 amide bonds. The summed E-state index contributed by atoms with van der Waals surface area (Å²) in [5.74, 6) is 0. The zero-order chi connectivity index (χ0) is 54.2. The Kier molecular flexibility index (Phi) is 8.64. The molecule has 0 unspecified atom stereocenters. The van der Waals surface area contributed by atoms with Crippen LogP contribution in [0.25, 0.3) is 163 Å². The minimum atomic E-state index is 0.446. The third-order valence-electron chi connectivity index (χ3n) is 18.3. The Morgan fingerprint density at radius 3 is 1.16 bits per heavy atom. The van der Waals surface area contributed by atoms with Gasteiger partial charge in [0, 0.05) is 16.7 Å². The Bertz CT molecular complexity index is 6060. The molecule has 17 aromatic carbocycles. The van der Waals surface area contributed by atoms with E-state index in [-0.39, 0.29) is 0 Å². The summed E-state index contributed by atoms with van der Waals surface area (Å²) in [7, 11) is 0. The van der Waals surface area contributed by atoms with Gasteiger partial charge in [-0.2, -0.15) is 21.0 Å². The van der Waals surface area contributed by atoms with E-state index in [0.29, 0.717) is 33.4 Å². The van der Waals surface area contributed by atoms with Gasteiger partial charge in [0.2, 0.25) is 0 Å². The second-order valence-electron chi connectivity index (χ2n) is 22.0. The number of hydrogen-bond donors (Lipinski definition) is 0. The molecule has 0 saturated carbocycles. The van der Waals surface area contributed by atoms with Gasteiger partial charge in [-0.15, -0.1) is 0 Å². The van der Waals surface area contributed by atoms with E-state index < -0.39 is 0 Å². The van der Waals surface area contributed by atoms with Crippen molar-refractivity contribution in [3.05, 3.63) is 262 Å². The van der Waals surface area contributed by atoms with Crippen molar-refractivity contribution in [2.75, 3.05) is 0 Å². The van der Waals surface area contributed by atoms with Crippen LogP contribution in [0.4, 0.5) is 0 Å². The molecule has 4 heteroatoms. The lowest BCUT2D eigenvalue weighted by Crippen LogP contribution is -1.95. The SMILES string of the molecule is N#Cc1ccc(C#N)c(-c2c3cc4c5ccccc5c5cccc(c3c(-c3cc(C#N)ccc3C#N)c3c6ccc7c8ccc9c%10c(ccc(c%11ccc(c23)c6c%117)c%108)=c2c(-c3ccccc3)c3ccccc3c(-c3ccccc3)c2=9)c54)c1. The van der Waals surface area contributed by atoms with Crippen molar-refractivity contribution in [1.29, 1.82) is 21.0 Å². The molecule has 368 valence electrons. The average molecular weight is 1030 g/mol. The maximum Gasteiger partial charge on any atom is 0.0998 e. The number of hydrogen-bond acceptors (Lipinski definition) is 4. The molecule has 18 rings (SSSR count). The van der Waals surface area contributed by atoms with Gasteiger partial charge in [-0.05, 0) is 210 Å². The standard InChI is InChI=1S/C78H36N4/c79-37-41-22-24-45(39-81)61(34-41)73-64-36-63-48-17-8-7-16-47(48)49-20-11-21-56(67(49)63)72(64)78(62-35-42(38-80)23-25-46(62)40-82)77-60-33-29-55-53-27-31-58-70-57(30-26-52(68(53)70)54-28-32-59(76(73)77)71(60)69(54)55)74-65(43-12-3-1-4-13-43)50-18-9-10-19-51(50)66(75(58)74)44-14-5-2-6-15-44/h1-36H. The van der Waals surface area contributed by atoms with Gasteiger partial charge in [0.25, 0.3) is 0 Å². The summed E-state index contributed by atoms with van der Waals surface area (Å²) in [4.78, 5) is 0. The van der Waals surface area contributed by atoms with Crippen LogP contribution in [0.15, 0.2) is 218 Å². The van der Waals surface area contributed by atoms with Gasteiger partial charge in [0.15, 0.2) is 0 Å². The normalized spacial score (nSPS) is 12.1. The van der Waals surface area contributed by atoms with Crippen molar-refractivity contribution >= 4 is 118 Å². The molecule has 1 aliphatic rings. The van der Waals surface area contributed by atoms with Crippen LogP contribution in [0, 0.1) is 66.2 Å². The number of benzene rings is 15. The molecule has 0 aromatic heterocycles. The Morgan fingerprint density at radius 1 is 0.220 bits per heavy atom. The highest BCUT2D eigenvalue weighted by Crippen LogP contribution is 2.57. The molecule has 0 bridgehead atoms. The molecule has 82 heavy (non-hydrogen) atoms. The van der Waals surface area contributed by atoms with E-state index in [0.717, 1.165) is 97.3 Å². The average Bonchev–Trinajstić information content (AvgIpc) is 4.37. The van der Waals surface area contributed by atoms with Crippen molar-refractivity contribution in [3.8, 4) is 68.8 Å². The molecule has 0 saturated heterocycles. The Hall–Kier alpha value is -11.7. The van der Waals surface area contributed by atoms with Gasteiger partial charge in [0.1, 0.15) is 0 Å². The van der Waals surface area contributed by atoms with Gasteiger partial charge >= 0.3 is 0 Å². The van der Waals surface area contributed by atoms with Crippen LogP contribution in [0.2, 0.25) is 0 Å². The minimum absolute atomic E-state index is 0.446. The molecule has 4 nitrogen and oxygen atoms in total. The van der Waals surface area contributed by atoms with Crippen LogP contribution in [0.5, 0.6) is 0 Å². The van der Waals surface area contributed by atoms with Crippen molar-refractivity contribution in [2.24, 2.45) is 0 Å². The van der Waals surface area contributed by atoms with Gasteiger partial charge < -0.3 is 0 Å². The molecule has 0 radical (unpaired) electrons. The van der Waals surface area contributed by atoms with Crippen LogP contribution in [-0.2, 0) is 0 Å². The summed E-state index contributed by atoms with van der Waals surface area (Å²) < 4.78 is 0. The predicted octanol–water partition coefficient (Wildman–Crippen LogP) is 19.7. The minimum Gasteiger partial charge on any atom is -0.192 e. The van der Waals surface area contributed by atoms with E-state index in [1.54, 1.807) is 24.3 Å². The molecule has 0 N–H and O–H groups in total. The van der Waals surface area contributed by atoms with Gasteiger partial charge in [0.05, 0.1) is 46.5 Å². The highest BCUT2D eigenvalue weighted by atomic mass is 14.3. The van der Waals surface area contributed by atoms with Gasteiger partial charge in [-0.1, -0.05) is 176 Å². The number of nitrogens with zero attached hydrogens (tertiary/aromatic N) is 4. The van der Waals surface area contributed by atoms with Crippen LogP contribution >= 0.6 is 0 Å². The molecule has 1 aliphatic carbocycles. The third-order valence-corrected chi connectivity index (χ3v) is 18.3. The summed E-state index contributed by atoms with van der Waals surface area (Å²) in [6.07, 6.45) is 0. The zero-order valence-electron chi connectivity index (χ0n) is 43.6. The summed E-state index contributed by atoms with van der Waals surface area (Å²) >= 11 is 0. The third kappa shape index (κ3) is 5.46. The van der Waals surface area contributed by atoms with Crippen molar-refractivity contribution in [3.63, 3.8) is 0 Å². The summed E-state index contributed by atoms with van der Waals surface area (Å²) in [6, 6.07) is 87.2. The first-order chi connectivity index (χ1) is 40.6. The first kappa shape index (κ1) is 44.3. The molecular formula is C78H36N4. The molecule has 0 heterocycles. The van der Waals surface area contributed by atoms with E-state index in [1.165, 1.54) is 75.4 Å². The van der Waals surface area contributed by atoms with E-state index in [9.17, 15) is 21.0 Å². The summed E-state index contributed by atoms with van der Waals surface area (Å²) in [6.45, 7) is 0. The lowest BCUT2D eigenvalue weighted by molar-refractivity contribution is 1.45. The second kappa shape index (κ2) is 16.0. The van der Waals surface area contributed by atoms with E-state index in [4.69, 9.17) is 0 Å². The quantitative estimate of drug-likeness (QED) is 0.130. The monoisotopic (exact) mass is 1030 g/mol. The smallest absolute Gasteiger partial charge is 0.0998 e. The predicted molar refractivity (Wildman–Crippen MR) is 335 cm³/mol. The highest BCUT2D eigenvalue weighted by molar-refractivity contribution is 6.48. The molecule has 0 aliphatic heterocycles. The molecule has 0 atom stereocenters. The molecule has 17 aromatic rings. The fraction of sp³-hybridized carbons (Fsp3) is 0. The maximum atomic E-state index is 11.2. The van der Waals surface area contributed by atoms with E-state index >= 15 is 0 Å². The first-order valence-corrected chi connectivity index (χ1v) is 27.6. The first-order valence-electron chi connectivity index (χ1n) is 27.6. The van der Waals surface area contributed by atoms with Crippen molar-refractivity contribution < 1.29 is 0 Å². The van der Waals surface area contributed by atoms with Crippen molar-refractivity contribution in [1.82, 2.24) is 0 Å². The summed E-state index contributed by atoms with van der Waals surface area (Å²) in [5, 5.41) is 72.5. The van der Waals surface area contributed by atoms with Crippen LogP contribution in [0.1, 0.15) is 22.3 Å². The second-order valence-corrected chi connectivity index (χ2v) is 22.0. The maximum absolute atomic E-state index is 11.2. The zero-order valence-corrected chi connectivity index (χ0v) is 43.6. The lowest BCUT2D eigenvalue weighted by atomic mass is 9.81. The summed E-state index contributed by atoms with van der Waals surface area (Å²) in [5.41, 5.74) is 9.67. The number of rotatable bonds is 4. The molecule has 0 fully saturated rings.